The number of isocyanates is 1. The highest BCUT2D eigenvalue weighted by Gasteiger charge is 2.13. The molecular formula is C49H104ClN3O8S3. The van der Waals surface area contributed by atoms with Crippen LogP contribution in [-0.4, -0.2) is 93.9 Å². The number of carbonyl (C=O) groups excluding carboxylic acids is 1. The van der Waals surface area contributed by atoms with Crippen LogP contribution in [0.25, 0.3) is 0 Å². The zero-order valence-electron chi connectivity index (χ0n) is 45.2. The number of halogens is 1. The minimum Gasteiger partial charge on any atom is -0.481 e. The smallest absolute Gasteiger partial charge is 0.300 e. The second-order valence-corrected chi connectivity index (χ2v) is 13.7. The third kappa shape index (κ3) is 1380. The number of nitrogens with two attached hydrogens (primary N) is 1. The molecule has 2 aliphatic rings. The van der Waals surface area contributed by atoms with Crippen LogP contribution in [0.3, 0.4) is 0 Å². The SMILES string of the molecule is C/C=C/C.C/C=C/CC.C/C=C/CC.C=C(C)C.C=C(C)Cl.C=CC.C=CC.CC(=O)O.CC1CC1.CC1CO1.CC=C(C)C.CN.CN=C=O.CN=C=S.CO.CS.CS(=O)(=O)O. The van der Waals surface area contributed by atoms with Gasteiger partial charge in [-0.3, -0.25) is 9.35 Å². The number of thiocarbonyl (C=S) groups is 1. The predicted octanol–water partition coefficient (Wildman–Crippen LogP) is 15.0. The summed E-state index contributed by atoms with van der Waals surface area (Å²) in [6.45, 7) is 48.0. The highest BCUT2D eigenvalue weighted by molar-refractivity contribution is 7.85. The summed E-state index contributed by atoms with van der Waals surface area (Å²) in [6.07, 6.45) is 27.5. The first-order chi connectivity index (χ1) is 29.7. The van der Waals surface area contributed by atoms with Gasteiger partial charge in [-0.25, -0.2) is 14.8 Å². The van der Waals surface area contributed by atoms with Crippen molar-refractivity contribution in [1.29, 1.82) is 0 Å². The van der Waals surface area contributed by atoms with E-state index in [9.17, 15) is 8.42 Å². The minimum absolute atomic E-state index is 0.583. The predicted molar refractivity (Wildman–Crippen MR) is 301 cm³/mol. The van der Waals surface area contributed by atoms with Crippen molar-refractivity contribution in [3.05, 3.63) is 97.2 Å². The molecule has 64 heavy (non-hydrogen) atoms. The van der Waals surface area contributed by atoms with Crippen LogP contribution in [-0.2, 0) is 24.4 Å². The van der Waals surface area contributed by atoms with E-state index in [2.05, 4.69) is 144 Å². The third-order valence-electron chi connectivity index (χ3n) is 3.40. The van der Waals surface area contributed by atoms with Crippen molar-refractivity contribution in [1.82, 2.24) is 0 Å². The lowest BCUT2D eigenvalue weighted by Gasteiger charge is -1.74. The van der Waals surface area contributed by atoms with E-state index in [1.807, 2.05) is 74.5 Å². The number of hydrogen-bond acceptors (Lipinski definition) is 11. The van der Waals surface area contributed by atoms with Gasteiger partial charge in [0.1, 0.15) is 0 Å². The van der Waals surface area contributed by atoms with Gasteiger partial charge in [0, 0.05) is 33.2 Å². The Labute approximate surface area is 414 Å². The second-order valence-electron chi connectivity index (χ2n) is 11.4. The Hall–Kier alpha value is -3.00. The fraction of sp³-hybridized carbons (Fsp3) is 0.612. The summed E-state index contributed by atoms with van der Waals surface area (Å²) < 4.78 is 30.6. The summed E-state index contributed by atoms with van der Waals surface area (Å²) in [5.74, 6) is 0.250. The number of carbonyl (C=O) groups is 1. The van der Waals surface area contributed by atoms with Gasteiger partial charge < -0.3 is 20.7 Å². The normalized spacial score (nSPS) is 10.2. The van der Waals surface area contributed by atoms with Crippen LogP contribution in [0.4, 0.5) is 0 Å². The Morgan fingerprint density at radius 2 is 0.969 bits per heavy atom. The van der Waals surface area contributed by atoms with Crippen molar-refractivity contribution >= 4 is 63.8 Å². The van der Waals surface area contributed by atoms with E-state index in [0.29, 0.717) is 17.4 Å². The molecule has 1 atom stereocenters. The van der Waals surface area contributed by atoms with Crippen molar-refractivity contribution in [3.8, 4) is 0 Å². The van der Waals surface area contributed by atoms with Crippen LogP contribution in [0.5, 0.6) is 0 Å². The Morgan fingerprint density at radius 3 is 0.969 bits per heavy atom. The number of aliphatic imine (C=N–C) groups is 2. The molecule has 1 heterocycles. The first-order valence-electron chi connectivity index (χ1n) is 20.3. The molecule has 15 heteroatoms. The molecule has 0 amide bonds. The fourth-order valence-corrected chi connectivity index (χ4v) is 0.734. The Balaban J connectivity index is -0.0000000309. The molecule has 1 saturated heterocycles. The molecule has 388 valence electrons. The van der Waals surface area contributed by atoms with E-state index >= 15 is 0 Å². The van der Waals surface area contributed by atoms with E-state index in [0.717, 1.165) is 39.4 Å². The lowest BCUT2D eigenvalue weighted by Crippen LogP contribution is -1.88. The van der Waals surface area contributed by atoms with Crippen molar-refractivity contribution < 1.29 is 37.5 Å². The molecule has 0 aromatic carbocycles. The Bertz CT molecular complexity index is 1060. The Morgan fingerprint density at radius 1 is 0.828 bits per heavy atom. The quantitative estimate of drug-likeness (QED) is 0.0338. The first-order valence-corrected chi connectivity index (χ1v) is 23.8. The molecule has 0 aromatic rings. The molecule has 2 fully saturated rings. The van der Waals surface area contributed by atoms with E-state index < -0.39 is 16.1 Å². The molecule has 0 bridgehead atoms. The minimum atomic E-state index is -3.67. The van der Waals surface area contributed by atoms with Crippen molar-refractivity contribution in [3.63, 3.8) is 0 Å². The summed E-state index contributed by atoms with van der Waals surface area (Å²) in [7, 11) is 1.81. The number of allylic oxidation sites excluding steroid dienone is 12. The summed E-state index contributed by atoms with van der Waals surface area (Å²) in [5.41, 5.74) is 7.05. The number of nitrogens with zero attached hydrogens (tertiary/aromatic N) is 2. The van der Waals surface area contributed by atoms with Crippen LogP contribution in [0.1, 0.15) is 143 Å². The fourth-order valence-electron chi connectivity index (χ4n) is 0.734. The first kappa shape index (κ1) is 104. The maximum absolute atomic E-state index is 9.19. The molecular weight excluding hydrogens is 890 g/mol. The maximum atomic E-state index is 9.19. The molecule has 1 aliphatic heterocycles. The maximum Gasteiger partial charge on any atom is 0.300 e. The van der Waals surface area contributed by atoms with Gasteiger partial charge in [0.2, 0.25) is 6.08 Å². The van der Waals surface area contributed by atoms with Crippen molar-refractivity contribution in [2.45, 2.75) is 149 Å². The van der Waals surface area contributed by atoms with E-state index in [1.165, 1.54) is 44.2 Å². The number of hydrogen-bond donors (Lipinski definition) is 5. The van der Waals surface area contributed by atoms with E-state index in [4.69, 9.17) is 40.7 Å². The molecule has 1 saturated carbocycles. The van der Waals surface area contributed by atoms with Crippen molar-refractivity contribution in [2.24, 2.45) is 21.6 Å². The molecule has 2 rings (SSSR count). The number of epoxide rings is 1. The summed E-state index contributed by atoms with van der Waals surface area (Å²) in [6, 6.07) is 0. The number of carboxylic acid groups (broad SMARTS) is 1. The number of thiol groups is 1. The van der Waals surface area contributed by atoms with E-state index in [1.54, 1.807) is 32.4 Å². The molecule has 5 N–H and O–H groups in total. The van der Waals surface area contributed by atoms with Gasteiger partial charge in [-0.05, 0) is 134 Å². The van der Waals surface area contributed by atoms with Gasteiger partial charge in [-0.15, -0.1) is 19.7 Å². The molecule has 1 aliphatic carbocycles. The zero-order valence-corrected chi connectivity index (χ0v) is 48.5. The average Bonchev–Trinajstić information content (AvgIpc) is 4.18. The van der Waals surface area contributed by atoms with Crippen LogP contribution in [0, 0.1) is 5.92 Å². The van der Waals surface area contributed by atoms with Crippen LogP contribution in [0.2, 0.25) is 0 Å². The topological polar surface area (TPSA) is 192 Å². The van der Waals surface area contributed by atoms with Gasteiger partial charge in [0.05, 0.1) is 24.1 Å². The standard InChI is InChI=1S/3C5H10.3C4H8.C3H5Cl.C3H6O.2C3H6.C2H3NO.C2H3NS.C2H4O2.CH5N.CH4O3S.CH4O.CH4S/c1-4-5(2)3;2*1-3-5-4-2;1-4-2-3-4;1-4(2)3;1-3-4-2;1-3(2)4;1-3-2-4-3;2*1-3-2;2*1-3-2-4;1-2(3)4;1-2;1-5(2,3)4;2*1-2/h4H,1-3H3;2*3,5H,4H2,1-2H3;4H,2-3H2,1H3;1H2,2-3H3;3-4H,1-2H3;1H2,2H3;3H,2H2,1H3;2*3H,1H2,2H3;2*1H3;1H3,(H,3,4);2H2,1H3;1H3,(H,2,3,4);2*2H,1H3/b;2*5-3+;;;4-3+;;;;;;;;;;;. The number of aliphatic carboxylic acids is 1. The monoisotopic (exact) mass is 994 g/mol. The largest absolute Gasteiger partial charge is 0.481 e. The van der Waals surface area contributed by atoms with Gasteiger partial charge >= 0.3 is 0 Å². The highest BCUT2D eigenvalue weighted by atomic mass is 35.5. The van der Waals surface area contributed by atoms with Crippen LogP contribution >= 0.6 is 36.4 Å². The second kappa shape index (κ2) is 131. The highest BCUT2D eigenvalue weighted by Crippen LogP contribution is 2.26. The summed E-state index contributed by atoms with van der Waals surface area (Å²) >= 11 is 12.7. The average molecular weight is 995 g/mol. The molecule has 1 unspecified atom stereocenters. The lowest BCUT2D eigenvalue weighted by atomic mass is 10.3. The number of aliphatic hydroxyl groups excluding tert-OH is 1. The summed E-state index contributed by atoms with van der Waals surface area (Å²) in [4.78, 5) is 24.1. The van der Waals surface area contributed by atoms with Crippen LogP contribution < -0.4 is 5.73 Å². The Kier molecular flexibility index (Phi) is 212. The molecule has 11 nitrogen and oxygen atoms in total. The van der Waals surface area contributed by atoms with Gasteiger partial charge in [-0.1, -0.05) is 118 Å². The number of carboxylic acids is 1. The molecule has 0 aromatic heterocycles. The van der Waals surface area contributed by atoms with Crippen LogP contribution in [0.15, 0.2) is 107 Å². The zero-order chi connectivity index (χ0) is 55.4. The lowest BCUT2D eigenvalue weighted by molar-refractivity contribution is -0.134. The number of ether oxygens (including phenoxy) is 1. The summed E-state index contributed by atoms with van der Waals surface area (Å²) in [5, 5.41) is 17.2. The van der Waals surface area contributed by atoms with Crippen molar-refractivity contribution in [2.75, 3.05) is 47.4 Å². The number of rotatable bonds is 2. The van der Waals surface area contributed by atoms with E-state index in [-0.39, 0.29) is 0 Å². The van der Waals surface area contributed by atoms with Gasteiger partial charge in [-0.2, -0.15) is 21.0 Å². The van der Waals surface area contributed by atoms with Gasteiger partial charge in [0.15, 0.2) is 0 Å². The molecule has 0 radical (unpaired) electrons. The van der Waals surface area contributed by atoms with Gasteiger partial charge in [0.25, 0.3) is 16.1 Å². The number of isothiocyanates is 1. The molecule has 0 spiro atoms. The number of aliphatic hydroxyl groups is 1. The third-order valence-corrected chi connectivity index (χ3v) is 3.58.